The third kappa shape index (κ3) is 5.70. The van der Waals surface area contributed by atoms with Gasteiger partial charge in [-0.2, -0.15) is 0 Å². The Morgan fingerprint density at radius 2 is 2.04 bits per heavy atom. The van der Waals surface area contributed by atoms with Crippen molar-refractivity contribution in [3.05, 3.63) is 34.5 Å². The molecule has 1 fully saturated rings. The van der Waals surface area contributed by atoms with Crippen molar-refractivity contribution in [1.82, 2.24) is 9.80 Å². The van der Waals surface area contributed by atoms with Crippen LogP contribution in [0.4, 0.5) is 0 Å². The van der Waals surface area contributed by atoms with Crippen molar-refractivity contribution in [1.29, 1.82) is 0 Å². The van der Waals surface area contributed by atoms with E-state index in [-0.39, 0.29) is 17.7 Å². The van der Waals surface area contributed by atoms with E-state index in [1.165, 1.54) is 9.75 Å². The average molecular weight is 363 g/mol. The molecule has 0 spiro atoms. The summed E-state index contributed by atoms with van der Waals surface area (Å²) in [6, 6.07) is 4.19. The van der Waals surface area contributed by atoms with Crippen LogP contribution in [0, 0.1) is 18.8 Å². The number of thiophene rings is 1. The fourth-order valence-electron chi connectivity index (χ4n) is 3.26. The van der Waals surface area contributed by atoms with Gasteiger partial charge in [-0.25, -0.2) is 0 Å². The normalized spacial score (nSPS) is 15.4. The molecule has 0 N–H and O–H groups in total. The molecule has 0 aromatic carbocycles. The molecule has 0 aliphatic carbocycles. The van der Waals surface area contributed by atoms with Gasteiger partial charge in [-0.05, 0) is 37.8 Å². The minimum absolute atomic E-state index is 0.0177. The molecule has 4 nitrogen and oxygen atoms in total. The first-order valence-corrected chi connectivity index (χ1v) is 9.95. The number of hydrogen-bond acceptors (Lipinski definition) is 3. The molecule has 1 saturated heterocycles. The van der Waals surface area contributed by atoms with Crippen LogP contribution in [0.5, 0.6) is 0 Å². The van der Waals surface area contributed by atoms with Gasteiger partial charge in [0.25, 0.3) is 0 Å². The molecule has 1 aromatic rings. The van der Waals surface area contributed by atoms with Gasteiger partial charge in [0.05, 0.1) is 6.54 Å². The largest absolute Gasteiger partial charge is 0.343 e. The first kappa shape index (κ1) is 19.7. The zero-order valence-electron chi connectivity index (χ0n) is 15.7. The van der Waals surface area contributed by atoms with Gasteiger partial charge in [0.2, 0.25) is 11.8 Å². The molecule has 0 saturated carbocycles. The van der Waals surface area contributed by atoms with Gasteiger partial charge in [-0.3, -0.25) is 9.59 Å². The number of carbonyl (C=O) groups is 2. The third-order valence-electron chi connectivity index (χ3n) is 4.58. The predicted molar refractivity (Wildman–Crippen MR) is 103 cm³/mol. The van der Waals surface area contributed by atoms with Crippen LogP contribution in [0.25, 0.3) is 0 Å². The van der Waals surface area contributed by atoms with E-state index >= 15 is 0 Å². The number of amides is 2. The summed E-state index contributed by atoms with van der Waals surface area (Å²) in [6.07, 6.45) is 3.91. The number of rotatable bonds is 7. The van der Waals surface area contributed by atoms with Crippen LogP contribution in [0.1, 0.15) is 42.9 Å². The molecular weight excluding hydrogens is 332 g/mol. The number of aryl methyl sites for hydroxylation is 1. The minimum Gasteiger partial charge on any atom is -0.343 e. The summed E-state index contributed by atoms with van der Waals surface area (Å²) in [5.41, 5.74) is 0. The third-order valence-corrected chi connectivity index (χ3v) is 5.57. The van der Waals surface area contributed by atoms with Crippen LogP contribution in [0.2, 0.25) is 0 Å². The molecule has 1 aliphatic heterocycles. The van der Waals surface area contributed by atoms with Gasteiger partial charge in [0, 0.05) is 41.7 Å². The van der Waals surface area contributed by atoms with Crippen molar-refractivity contribution in [2.24, 2.45) is 11.8 Å². The van der Waals surface area contributed by atoms with Gasteiger partial charge in [-0.1, -0.05) is 19.9 Å². The standard InChI is InChI=1S/C20H30N2O2S/c1-5-10-22(14-18-7-6-16(4)25-18)20(24)17-8-11-21(12-9-17)19(23)13-15(2)3/h5-7,15,17H,1,8-14H2,2-4H3. The van der Waals surface area contributed by atoms with E-state index in [1.807, 2.05) is 9.80 Å². The molecule has 0 atom stereocenters. The van der Waals surface area contributed by atoms with Gasteiger partial charge in [-0.15, -0.1) is 17.9 Å². The second-order valence-corrected chi connectivity index (χ2v) is 8.65. The zero-order chi connectivity index (χ0) is 18.4. The summed E-state index contributed by atoms with van der Waals surface area (Å²) in [5.74, 6) is 0.813. The summed E-state index contributed by atoms with van der Waals surface area (Å²) in [5, 5.41) is 0. The molecule has 0 radical (unpaired) electrons. The summed E-state index contributed by atoms with van der Waals surface area (Å²) in [6.45, 7) is 12.6. The van der Waals surface area contributed by atoms with E-state index in [1.54, 1.807) is 17.4 Å². The fraction of sp³-hybridized carbons (Fsp3) is 0.600. The summed E-state index contributed by atoms with van der Waals surface area (Å²) in [7, 11) is 0. The van der Waals surface area contributed by atoms with Crippen LogP contribution < -0.4 is 0 Å². The Labute approximate surface area is 155 Å². The molecule has 2 rings (SSSR count). The quantitative estimate of drug-likeness (QED) is 0.691. The molecule has 0 unspecified atom stereocenters. The average Bonchev–Trinajstić information content (AvgIpc) is 2.98. The topological polar surface area (TPSA) is 40.6 Å². The Bertz CT molecular complexity index is 601. The number of hydrogen-bond donors (Lipinski definition) is 0. The van der Waals surface area contributed by atoms with Gasteiger partial charge in [0.15, 0.2) is 0 Å². The Morgan fingerprint density at radius 3 is 2.56 bits per heavy atom. The first-order valence-electron chi connectivity index (χ1n) is 9.13. The molecule has 138 valence electrons. The maximum absolute atomic E-state index is 12.9. The Balaban J connectivity index is 1.92. The zero-order valence-corrected chi connectivity index (χ0v) is 16.5. The molecule has 2 heterocycles. The van der Waals surface area contributed by atoms with E-state index in [0.29, 0.717) is 38.5 Å². The van der Waals surface area contributed by atoms with Crippen molar-refractivity contribution >= 4 is 23.2 Å². The lowest BCUT2D eigenvalue weighted by molar-refractivity contribution is -0.141. The highest BCUT2D eigenvalue weighted by Crippen LogP contribution is 2.23. The number of piperidine rings is 1. The Kier molecular flexibility index (Phi) is 7.24. The number of likely N-dealkylation sites (tertiary alicyclic amines) is 1. The van der Waals surface area contributed by atoms with Crippen molar-refractivity contribution < 1.29 is 9.59 Å². The van der Waals surface area contributed by atoms with Crippen molar-refractivity contribution in [2.75, 3.05) is 19.6 Å². The highest BCUT2D eigenvalue weighted by Gasteiger charge is 2.30. The Morgan fingerprint density at radius 1 is 1.36 bits per heavy atom. The van der Waals surface area contributed by atoms with Crippen LogP contribution in [-0.4, -0.2) is 41.2 Å². The summed E-state index contributed by atoms with van der Waals surface area (Å²) < 4.78 is 0. The lowest BCUT2D eigenvalue weighted by atomic mass is 9.94. The van der Waals surface area contributed by atoms with Crippen LogP contribution in [0.3, 0.4) is 0 Å². The van der Waals surface area contributed by atoms with E-state index < -0.39 is 0 Å². The van der Waals surface area contributed by atoms with Crippen LogP contribution in [0.15, 0.2) is 24.8 Å². The second-order valence-electron chi connectivity index (χ2n) is 7.27. The number of carbonyl (C=O) groups excluding carboxylic acids is 2. The van der Waals surface area contributed by atoms with Crippen molar-refractivity contribution in [2.45, 2.75) is 46.6 Å². The maximum Gasteiger partial charge on any atom is 0.226 e. The molecule has 1 aromatic heterocycles. The lowest BCUT2D eigenvalue weighted by Crippen LogP contribution is -2.44. The lowest BCUT2D eigenvalue weighted by Gasteiger charge is -2.34. The van der Waals surface area contributed by atoms with E-state index in [4.69, 9.17) is 0 Å². The predicted octanol–water partition coefficient (Wildman–Crippen LogP) is 3.86. The SMILES string of the molecule is C=CCN(Cc1ccc(C)s1)C(=O)C1CCN(C(=O)CC(C)C)CC1. The number of nitrogens with zero attached hydrogens (tertiary/aromatic N) is 2. The first-order chi connectivity index (χ1) is 11.9. The summed E-state index contributed by atoms with van der Waals surface area (Å²) >= 11 is 1.73. The highest BCUT2D eigenvalue weighted by atomic mass is 32.1. The highest BCUT2D eigenvalue weighted by molar-refractivity contribution is 7.11. The van der Waals surface area contributed by atoms with Crippen molar-refractivity contribution in [3.8, 4) is 0 Å². The summed E-state index contributed by atoms with van der Waals surface area (Å²) in [4.78, 5) is 31.4. The Hall–Kier alpha value is -1.62. The maximum atomic E-state index is 12.9. The molecular formula is C20H30N2O2S. The minimum atomic E-state index is 0.0177. The van der Waals surface area contributed by atoms with Crippen molar-refractivity contribution in [3.63, 3.8) is 0 Å². The fourth-order valence-corrected chi connectivity index (χ4v) is 4.16. The molecule has 2 amide bonds. The molecule has 25 heavy (non-hydrogen) atoms. The molecule has 0 bridgehead atoms. The van der Waals surface area contributed by atoms with Crippen LogP contribution in [-0.2, 0) is 16.1 Å². The van der Waals surface area contributed by atoms with Gasteiger partial charge in [0.1, 0.15) is 0 Å². The smallest absolute Gasteiger partial charge is 0.226 e. The molecule has 5 heteroatoms. The second kappa shape index (κ2) is 9.18. The van der Waals surface area contributed by atoms with Gasteiger partial charge >= 0.3 is 0 Å². The monoisotopic (exact) mass is 362 g/mol. The molecule has 1 aliphatic rings. The van der Waals surface area contributed by atoms with E-state index in [0.717, 1.165) is 12.8 Å². The van der Waals surface area contributed by atoms with E-state index in [9.17, 15) is 9.59 Å². The van der Waals surface area contributed by atoms with E-state index in [2.05, 4.69) is 39.5 Å². The van der Waals surface area contributed by atoms with Gasteiger partial charge < -0.3 is 9.80 Å². The van der Waals surface area contributed by atoms with Crippen LogP contribution >= 0.6 is 11.3 Å².